The molecular weight excluding hydrogens is 419 g/mol. The molecule has 1 N–H and O–H groups in total. The Kier molecular flexibility index (Phi) is 5.57. The number of aromatic hydroxyl groups is 1. The van der Waals surface area contributed by atoms with Crippen LogP contribution in [0.1, 0.15) is 5.56 Å². The molecule has 126 valence electrons. The molecule has 24 heavy (non-hydrogen) atoms. The third-order valence-electron chi connectivity index (χ3n) is 3.86. The quantitative estimate of drug-likeness (QED) is 0.586. The molecule has 0 spiro atoms. The van der Waals surface area contributed by atoms with Crippen LogP contribution in [0.4, 0.5) is 11.4 Å². The summed E-state index contributed by atoms with van der Waals surface area (Å²) in [7, 11) is 1.54. The van der Waals surface area contributed by atoms with E-state index < -0.39 is 0 Å². The van der Waals surface area contributed by atoms with E-state index in [1.165, 1.54) is 12.8 Å². The van der Waals surface area contributed by atoms with Crippen molar-refractivity contribution in [2.24, 2.45) is 4.99 Å². The highest BCUT2D eigenvalue weighted by molar-refractivity contribution is 14.1. The van der Waals surface area contributed by atoms with Crippen LogP contribution >= 0.6 is 22.6 Å². The van der Waals surface area contributed by atoms with Gasteiger partial charge in [-0.25, -0.2) is 0 Å². The SMILES string of the molecule is COc1cc(C=Nc2ccc(N3CCOCC3)cc2)cc(I)c1O. The van der Waals surface area contributed by atoms with Gasteiger partial charge in [0.1, 0.15) is 0 Å². The lowest BCUT2D eigenvalue weighted by Gasteiger charge is -2.28. The molecule has 1 fully saturated rings. The smallest absolute Gasteiger partial charge is 0.171 e. The van der Waals surface area contributed by atoms with Crippen molar-refractivity contribution in [3.05, 3.63) is 45.5 Å². The Labute approximate surface area is 155 Å². The average Bonchev–Trinajstić information content (AvgIpc) is 2.63. The molecule has 0 aliphatic carbocycles. The molecule has 1 saturated heterocycles. The van der Waals surface area contributed by atoms with Gasteiger partial charge in [-0.05, 0) is 64.6 Å². The van der Waals surface area contributed by atoms with Crippen LogP contribution in [0.5, 0.6) is 11.5 Å². The van der Waals surface area contributed by atoms with Gasteiger partial charge in [-0.2, -0.15) is 0 Å². The number of anilines is 1. The van der Waals surface area contributed by atoms with Crippen molar-refractivity contribution < 1.29 is 14.6 Å². The number of nitrogens with zero attached hydrogens (tertiary/aromatic N) is 2. The largest absolute Gasteiger partial charge is 0.504 e. The monoisotopic (exact) mass is 438 g/mol. The first-order valence-electron chi connectivity index (χ1n) is 7.70. The Hall–Kier alpha value is -1.80. The van der Waals surface area contributed by atoms with Gasteiger partial charge in [-0.3, -0.25) is 4.99 Å². The predicted octanol–water partition coefficient (Wildman–Crippen LogP) is 3.59. The van der Waals surface area contributed by atoms with Gasteiger partial charge in [-0.1, -0.05) is 0 Å². The highest BCUT2D eigenvalue weighted by Gasteiger charge is 2.10. The molecule has 0 radical (unpaired) electrons. The summed E-state index contributed by atoms with van der Waals surface area (Å²) in [5.74, 6) is 0.608. The van der Waals surface area contributed by atoms with Gasteiger partial charge in [0.2, 0.25) is 0 Å². The van der Waals surface area contributed by atoms with E-state index in [2.05, 4.69) is 44.6 Å². The summed E-state index contributed by atoms with van der Waals surface area (Å²) in [4.78, 5) is 6.81. The second-order valence-electron chi connectivity index (χ2n) is 5.43. The van der Waals surface area contributed by atoms with Crippen LogP contribution in [0.2, 0.25) is 0 Å². The number of ether oxygens (including phenoxy) is 2. The fraction of sp³-hybridized carbons (Fsp3) is 0.278. The number of methoxy groups -OCH3 is 1. The molecule has 0 atom stereocenters. The Morgan fingerprint density at radius 2 is 1.92 bits per heavy atom. The molecule has 2 aromatic carbocycles. The number of hydrogen-bond donors (Lipinski definition) is 1. The number of rotatable bonds is 4. The number of hydrogen-bond acceptors (Lipinski definition) is 5. The van der Waals surface area contributed by atoms with Crippen molar-refractivity contribution in [2.45, 2.75) is 0 Å². The molecule has 1 aliphatic heterocycles. The van der Waals surface area contributed by atoms with Gasteiger partial charge in [0.15, 0.2) is 11.5 Å². The molecule has 2 aromatic rings. The minimum Gasteiger partial charge on any atom is -0.504 e. The van der Waals surface area contributed by atoms with E-state index in [9.17, 15) is 5.11 Å². The number of phenols is 1. The molecule has 0 amide bonds. The average molecular weight is 438 g/mol. The highest BCUT2D eigenvalue weighted by atomic mass is 127. The van der Waals surface area contributed by atoms with Crippen LogP contribution in [0.25, 0.3) is 0 Å². The van der Waals surface area contributed by atoms with Crippen LogP contribution in [0.15, 0.2) is 41.4 Å². The van der Waals surface area contributed by atoms with Crippen LogP contribution in [-0.4, -0.2) is 44.7 Å². The number of benzene rings is 2. The van der Waals surface area contributed by atoms with Crippen LogP contribution in [-0.2, 0) is 4.74 Å². The zero-order valence-corrected chi connectivity index (χ0v) is 15.6. The van der Waals surface area contributed by atoms with Crippen molar-refractivity contribution in [1.82, 2.24) is 0 Å². The van der Waals surface area contributed by atoms with Gasteiger partial charge >= 0.3 is 0 Å². The molecule has 6 heteroatoms. The zero-order valence-electron chi connectivity index (χ0n) is 13.4. The molecule has 3 rings (SSSR count). The first-order valence-corrected chi connectivity index (χ1v) is 8.78. The van der Waals surface area contributed by atoms with Crippen molar-refractivity contribution >= 4 is 40.2 Å². The Balaban J connectivity index is 1.73. The standard InChI is InChI=1S/C18H19IN2O3/c1-23-17-11-13(10-16(19)18(17)22)12-20-14-2-4-15(5-3-14)21-6-8-24-9-7-21/h2-5,10-12,22H,6-9H2,1H3. The summed E-state index contributed by atoms with van der Waals surface area (Å²) in [6.45, 7) is 3.41. The molecule has 1 heterocycles. The van der Waals surface area contributed by atoms with Gasteiger partial charge < -0.3 is 19.5 Å². The van der Waals surface area contributed by atoms with E-state index in [0.717, 1.165) is 41.1 Å². The normalized spacial score (nSPS) is 15.0. The number of halogens is 1. The zero-order chi connectivity index (χ0) is 16.9. The maximum Gasteiger partial charge on any atom is 0.171 e. The van der Waals surface area contributed by atoms with E-state index >= 15 is 0 Å². The first-order chi connectivity index (χ1) is 11.7. The number of phenolic OH excluding ortho intramolecular Hbond substituents is 1. The van der Waals surface area contributed by atoms with E-state index in [-0.39, 0.29) is 5.75 Å². The molecule has 1 aliphatic rings. The lowest BCUT2D eigenvalue weighted by atomic mass is 10.2. The molecule has 0 saturated carbocycles. The van der Waals surface area contributed by atoms with Crippen LogP contribution < -0.4 is 9.64 Å². The summed E-state index contributed by atoms with van der Waals surface area (Å²) >= 11 is 2.07. The lowest BCUT2D eigenvalue weighted by Crippen LogP contribution is -2.36. The molecule has 5 nitrogen and oxygen atoms in total. The Morgan fingerprint density at radius 3 is 2.58 bits per heavy atom. The van der Waals surface area contributed by atoms with Crippen LogP contribution in [0, 0.1) is 3.57 Å². The Morgan fingerprint density at radius 1 is 1.21 bits per heavy atom. The first kappa shape index (κ1) is 17.0. The molecule has 0 unspecified atom stereocenters. The topological polar surface area (TPSA) is 54.3 Å². The van der Waals surface area contributed by atoms with Crippen LogP contribution in [0.3, 0.4) is 0 Å². The summed E-state index contributed by atoms with van der Waals surface area (Å²) in [5, 5.41) is 9.87. The number of aliphatic imine (C=N–C) groups is 1. The maximum absolute atomic E-state index is 9.87. The van der Waals surface area contributed by atoms with Crippen molar-refractivity contribution in [2.75, 3.05) is 38.3 Å². The minimum absolute atomic E-state index is 0.158. The van der Waals surface area contributed by atoms with E-state index in [4.69, 9.17) is 9.47 Å². The van der Waals surface area contributed by atoms with E-state index in [1.807, 2.05) is 18.2 Å². The summed E-state index contributed by atoms with van der Waals surface area (Å²) in [6, 6.07) is 11.8. The van der Waals surface area contributed by atoms with Gasteiger partial charge in [0.25, 0.3) is 0 Å². The highest BCUT2D eigenvalue weighted by Crippen LogP contribution is 2.32. The third kappa shape index (κ3) is 3.99. The summed E-state index contributed by atoms with van der Waals surface area (Å²) in [5.41, 5.74) is 2.96. The van der Waals surface area contributed by atoms with Gasteiger partial charge in [0, 0.05) is 25.0 Å². The fourth-order valence-corrected chi connectivity index (χ4v) is 3.17. The molecule has 0 aromatic heterocycles. The fourth-order valence-electron chi connectivity index (χ4n) is 2.54. The summed E-state index contributed by atoms with van der Waals surface area (Å²) in [6.07, 6.45) is 1.77. The summed E-state index contributed by atoms with van der Waals surface area (Å²) < 4.78 is 11.3. The van der Waals surface area contributed by atoms with E-state index in [1.54, 1.807) is 12.3 Å². The second-order valence-corrected chi connectivity index (χ2v) is 6.59. The number of morpholine rings is 1. The molecule has 0 bridgehead atoms. The third-order valence-corrected chi connectivity index (χ3v) is 4.68. The minimum atomic E-state index is 0.158. The lowest BCUT2D eigenvalue weighted by molar-refractivity contribution is 0.122. The van der Waals surface area contributed by atoms with Crippen molar-refractivity contribution in [3.63, 3.8) is 0 Å². The second kappa shape index (κ2) is 7.85. The molecular formula is C18H19IN2O3. The predicted molar refractivity (Wildman–Crippen MR) is 104 cm³/mol. The van der Waals surface area contributed by atoms with E-state index in [0.29, 0.717) is 5.75 Å². The van der Waals surface area contributed by atoms with Crippen molar-refractivity contribution in [3.8, 4) is 11.5 Å². The van der Waals surface area contributed by atoms with Gasteiger partial charge in [0.05, 0.1) is 29.6 Å². The van der Waals surface area contributed by atoms with Gasteiger partial charge in [-0.15, -0.1) is 0 Å². The van der Waals surface area contributed by atoms with Crippen molar-refractivity contribution in [1.29, 1.82) is 0 Å². The Bertz CT molecular complexity index is 726. The maximum atomic E-state index is 9.87.